The first-order chi connectivity index (χ1) is 11.4. The SMILES string of the molecule is Cl.F[C](F)(F)[Ti]([N]1CCCNCCCNCCC1)([C](F)(F)F)[C](F)(F)F. The Morgan fingerprint density at radius 3 is 1.19 bits per heavy atom. The molecule has 0 unspecified atom stereocenters. The molecule has 0 spiro atoms. The zero-order valence-electron chi connectivity index (χ0n) is 13.6. The number of nitrogens with one attached hydrogen (secondary N) is 2. The summed E-state index contributed by atoms with van der Waals surface area (Å²) < 4.78 is 100. The quantitative estimate of drug-likeness (QED) is 0.461. The summed E-state index contributed by atoms with van der Waals surface area (Å²) in [6.07, 6.45) is 0.268. The minimum atomic E-state index is -8.53. The monoisotopic (exact) mass is 461 g/mol. The molecule has 0 aromatic rings. The zero-order chi connectivity index (χ0) is 19.4. The van der Waals surface area contributed by atoms with Crippen LogP contribution in [0.25, 0.3) is 0 Å². The van der Waals surface area contributed by atoms with Crippen molar-refractivity contribution in [2.75, 3.05) is 39.3 Å². The molecule has 0 amide bonds. The second-order valence-corrected chi connectivity index (χ2v) is 11.6. The van der Waals surface area contributed by atoms with Gasteiger partial charge in [0.2, 0.25) is 0 Å². The fourth-order valence-corrected chi connectivity index (χ4v) is 7.57. The van der Waals surface area contributed by atoms with Gasteiger partial charge in [-0.25, -0.2) is 0 Å². The van der Waals surface area contributed by atoms with Crippen LogP contribution in [0.5, 0.6) is 0 Å². The fourth-order valence-electron chi connectivity index (χ4n) is 2.85. The summed E-state index contributed by atoms with van der Waals surface area (Å²) in [6.45, 7) is -0.712. The van der Waals surface area contributed by atoms with E-state index in [9.17, 15) is 39.5 Å². The molecule has 0 radical (unpaired) electrons. The van der Waals surface area contributed by atoms with Gasteiger partial charge in [-0.3, -0.25) is 0 Å². The van der Waals surface area contributed by atoms with Crippen molar-refractivity contribution in [2.24, 2.45) is 0 Å². The molecule has 0 aliphatic carbocycles. The van der Waals surface area contributed by atoms with Gasteiger partial charge < -0.3 is 0 Å². The number of hydrogen-bond acceptors (Lipinski definition) is 3. The van der Waals surface area contributed by atoms with Crippen molar-refractivity contribution in [3.05, 3.63) is 0 Å². The van der Waals surface area contributed by atoms with Crippen molar-refractivity contribution >= 4 is 12.4 Å². The fraction of sp³-hybridized carbons (Fsp3) is 1.00. The molecular formula is C12H21ClF9N3Ti. The van der Waals surface area contributed by atoms with E-state index in [1.165, 1.54) is 0 Å². The Labute approximate surface area is 155 Å². The van der Waals surface area contributed by atoms with Crippen LogP contribution in [0.15, 0.2) is 0 Å². The molecule has 2 N–H and O–H groups in total. The molecule has 0 atom stereocenters. The van der Waals surface area contributed by atoms with Crippen molar-refractivity contribution in [3.8, 4) is 0 Å². The van der Waals surface area contributed by atoms with Gasteiger partial charge in [0.15, 0.2) is 0 Å². The molecule has 14 heteroatoms. The molecule has 1 rings (SSSR count). The first-order valence-corrected chi connectivity index (χ1v) is 10.8. The minimum absolute atomic E-state index is 0. The standard InChI is InChI=1S/C9H20N3.3CF3.ClH.Ti/c1-4-10-6-2-8-12-9-3-7-11-5-1;3*2-1(3)4;;/h10-11H,1-9H2;;;;1H;/q-1;;;;;+1. The summed E-state index contributed by atoms with van der Waals surface area (Å²) in [5, 5.41) is 5.60. The molecule has 3 nitrogen and oxygen atoms in total. The second-order valence-electron chi connectivity index (χ2n) is 5.75. The third kappa shape index (κ3) is 5.87. The third-order valence-electron chi connectivity index (χ3n) is 3.98. The van der Waals surface area contributed by atoms with Crippen LogP contribution in [0.3, 0.4) is 0 Å². The van der Waals surface area contributed by atoms with Gasteiger partial charge in [0.1, 0.15) is 0 Å². The molecule has 0 aromatic carbocycles. The van der Waals surface area contributed by atoms with Crippen molar-refractivity contribution in [3.63, 3.8) is 0 Å². The summed E-state index contributed by atoms with van der Waals surface area (Å²) in [4.78, 5) is 0. The van der Waals surface area contributed by atoms with E-state index >= 15 is 0 Å². The summed E-state index contributed by atoms with van der Waals surface area (Å²) >= 11 is -8.53. The molecule has 1 aliphatic rings. The number of rotatable bonds is 1. The van der Waals surface area contributed by atoms with Crippen LogP contribution in [0.4, 0.5) is 39.5 Å². The van der Waals surface area contributed by atoms with Gasteiger partial charge in [0, 0.05) is 0 Å². The second kappa shape index (κ2) is 10.2. The summed E-state index contributed by atoms with van der Waals surface area (Å²) in [5.41, 5.74) is 0. The van der Waals surface area contributed by atoms with Gasteiger partial charge in [-0.1, -0.05) is 0 Å². The van der Waals surface area contributed by atoms with E-state index < -0.39 is 43.4 Å². The van der Waals surface area contributed by atoms with Gasteiger partial charge in [0.25, 0.3) is 0 Å². The zero-order valence-corrected chi connectivity index (χ0v) is 16.0. The Kier molecular flexibility index (Phi) is 10.3. The van der Waals surface area contributed by atoms with Gasteiger partial charge in [-0.2, -0.15) is 0 Å². The van der Waals surface area contributed by atoms with E-state index in [1.54, 1.807) is 0 Å². The van der Waals surface area contributed by atoms with E-state index in [-0.39, 0.29) is 41.7 Å². The molecule has 0 bridgehead atoms. The number of hydrogen-bond donors (Lipinski definition) is 2. The Hall–Kier alpha value is 0.254. The Morgan fingerprint density at radius 1 is 0.577 bits per heavy atom. The maximum atomic E-state index is 13.3. The first-order valence-electron chi connectivity index (χ1n) is 7.72. The number of nitrogens with zero attached hydrogens (tertiary/aromatic N) is 1. The molecule has 1 heterocycles. The Balaban J connectivity index is 0.00000625. The molecule has 26 heavy (non-hydrogen) atoms. The topological polar surface area (TPSA) is 27.3 Å². The molecule has 1 aliphatic heterocycles. The Morgan fingerprint density at radius 2 is 0.885 bits per heavy atom. The van der Waals surface area contributed by atoms with Crippen molar-refractivity contribution in [1.82, 2.24) is 14.0 Å². The first kappa shape index (κ1) is 26.3. The third-order valence-corrected chi connectivity index (χ3v) is 10.00. The molecular weight excluding hydrogens is 440 g/mol. The maximum absolute atomic E-state index is 13.3. The summed E-state index contributed by atoms with van der Waals surface area (Å²) in [6, 6.07) is 0. The molecule has 0 saturated carbocycles. The van der Waals surface area contributed by atoms with Gasteiger partial charge in [-0.15, -0.1) is 12.4 Å². The summed E-state index contributed by atoms with van der Waals surface area (Å²) in [7, 11) is 0. The number of halogens is 10. The van der Waals surface area contributed by atoms with Crippen LogP contribution in [0.2, 0.25) is 0 Å². The van der Waals surface area contributed by atoms with E-state index in [0.29, 0.717) is 19.5 Å². The number of alkyl halides is 9. The van der Waals surface area contributed by atoms with Crippen molar-refractivity contribution in [1.29, 1.82) is 0 Å². The van der Waals surface area contributed by atoms with Gasteiger partial charge >= 0.3 is 142 Å². The van der Waals surface area contributed by atoms with Gasteiger partial charge in [0.05, 0.1) is 0 Å². The molecule has 1 fully saturated rings. The van der Waals surface area contributed by atoms with Crippen LogP contribution >= 0.6 is 12.4 Å². The predicted octanol–water partition coefficient (Wildman–Crippen LogP) is 3.70. The van der Waals surface area contributed by atoms with Crippen LogP contribution in [-0.4, -0.2) is 56.1 Å². The van der Waals surface area contributed by atoms with Gasteiger partial charge in [-0.05, 0) is 0 Å². The molecule has 158 valence electrons. The van der Waals surface area contributed by atoms with Crippen LogP contribution in [0, 0.1) is 0 Å². The molecule has 1 saturated heterocycles. The van der Waals surface area contributed by atoms with Crippen LogP contribution in [0.1, 0.15) is 19.3 Å². The van der Waals surface area contributed by atoms with E-state index in [4.69, 9.17) is 0 Å². The normalized spacial score (nSPS) is 20.7. The average molecular weight is 462 g/mol. The van der Waals surface area contributed by atoms with E-state index in [2.05, 4.69) is 10.6 Å². The predicted molar refractivity (Wildman–Crippen MR) is 76.6 cm³/mol. The summed E-state index contributed by atoms with van der Waals surface area (Å²) in [5.74, 6) is 0. The van der Waals surface area contributed by atoms with E-state index in [0.717, 1.165) is 0 Å². The molecule has 0 aromatic heterocycles. The average Bonchev–Trinajstić information content (AvgIpc) is 2.37. The van der Waals surface area contributed by atoms with E-state index in [1.807, 2.05) is 0 Å². The van der Waals surface area contributed by atoms with Crippen molar-refractivity contribution in [2.45, 2.75) is 32.7 Å². The van der Waals surface area contributed by atoms with Crippen molar-refractivity contribution < 1.29 is 56.4 Å². The van der Waals surface area contributed by atoms with Crippen LogP contribution < -0.4 is 10.6 Å². The Bertz CT molecular complexity index is 366. The van der Waals surface area contributed by atoms with Crippen LogP contribution in [-0.2, 0) is 16.8 Å².